The van der Waals surface area contributed by atoms with Crippen molar-refractivity contribution in [2.24, 2.45) is 4.99 Å². The third-order valence-electron chi connectivity index (χ3n) is 4.04. The lowest BCUT2D eigenvalue weighted by Gasteiger charge is -2.14. The van der Waals surface area contributed by atoms with Gasteiger partial charge in [-0.25, -0.2) is 0 Å². The predicted molar refractivity (Wildman–Crippen MR) is 122 cm³/mol. The molecular weight excluding hydrogens is 477 g/mol. The number of nitrogens with one attached hydrogen (secondary N) is 2. The van der Waals surface area contributed by atoms with Crippen LogP contribution in [0.3, 0.4) is 0 Å². The van der Waals surface area contributed by atoms with Gasteiger partial charge in [0.2, 0.25) is 0 Å². The Morgan fingerprint density at radius 2 is 2.04 bits per heavy atom. The van der Waals surface area contributed by atoms with Gasteiger partial charge in [0, 0.05) is 36.1 Å². The number of hydrogen-bond donors (Lipinski definition) is 3. The monoisotopic (exact) mass is 505 g/mol. The van der Waals surface area contributed by atoms with Crippen LogP contribution < -0.4 is 10.6 Å². The van der Waals surface area contributed by atoms with Gasteiger partial charge in [0.15, 0.2) is 5.96 Å². The van der Waals surface area contributed by atoms with Gasteiger partial charge in [-0.05, 0) is 30.4 Å². The van der Waals surface area contributed by atoms with Crippen molar-refractivity contribution in [2.75, 3.05) is 27.2 Å². The van der Waals surface area contributed by atoms with E-state index in [2.05, 4.69) is 32.5 Å². The number of fused-ring (bicyclic) bond motifs is 1. The second-order valence-corrected chi connectivity index (χ2v) is 7.08. The van der Waals surface area contributed by atoms with E-state index in [1.165, 1.54) is 11.8 Å². The van der Waals surface area contributed by atoms with Crippen molar-refractivity contribution in [3.8, 4) is 0 Å². The van der Waals surface area contributed by atoms with E-state index in [4.69, 9.17) is 0 Å². The number of methoxy groups -OCH3 is 1. The van der Waals surface area contributed by atoms with E-state index >= 15 is 0 Å². The molecule has 1 unspecified atom stereocenters. The fourth-order valence-corrected chi connectivity index (χ4v) is 3.61. The van der Waals surface area contributed by atoms with Crippen molar-refractivity contribution in [1.29, 1.82) is 0 Å². The molecule has 0 saturated heterocycles. The Morgan fingerprint density at radius 1 is 1.26 bits per heavy atom. The average Bonchev–Trinajstić information content (AvgIpc) is 3.10. The number of rotatable bonds is 9. The van der Waals surface area contributed by atoms with E-state index < -0.39 is 6.10 Å². The molecule has 0 amide bonds. The van der Waals surface area contributed by atoms with Crippen LogP contribution in [-0.2, 0) is 9.53 Å². The van der Waals surface area contributed by atoms with Gasteiger partial charge < -0.3 is 20.5 Å². The van der Waals surface area contributed by atoms with Crippen LogP contribution in [0.1, 0.15) is 36.7 Å². The summed E-state index contributed by atoms with van der Waals surface area (Å²) in [5, 5.41) is 17.9. The quantitative estimate of drug-likeness (QED) is 0.160. The van der Waals surface area contributed by atoms with Crippen molar-refractivity contribution in [1.82, 2.24) is 10.6 Å². The molecule has 27 heavy (non-hydrogen) atoms. The first-order valence-corrected chi connectivity index (χ1v) is 9.63. The minimum atomic E-state index is -0.578. The maximum atomic E-state index is 11.0. The van der Waals surface area contributed by atoms with Crippen LogP contribution in [0.5, 0.6) is 0 Å². The number of nitrogens with zero attached hydrogens (tertiary/aromatic N) is 1. The van der Waals surface area contributed by atoms with Gasteiger partial charge in [0.1, 0.15) is 6.10 Å². The number of aliphatic imine (C=N–C) groups is 1. The lowest BCUT2D eigenvalue weighted by atomic mass is 10.2. The van der Waals surface area contributed by atoms with E-state index in [0.29, 0.717) is 18.9 Å². The summed E-state index contributed by atoms with van der Waals surface area (Å²) >= 11 is 1.61. The first kappa shape index (κ1) is 23.6. The summed E-state index contributed by atoms with van der Waals surface area (Å²) in [6.07, 6.45) is 2.60. The van der Waals surface area contributed by atoms with E-state index in [9.17, 15) is 9.90 Å². The lowest BCUT2D eigenvalue weighted by Crippen LogP contribution is -2.39. The molecule has 0 spiro atoms. The van der Waals surface area contributed by atoms with E-state index in [1.54, 1.807) is 18.4 Å². The molecule has 1 heterocycles. The normalized spacial score (nSPS) is 12.3. The highest BCUT2D eigenvalue weighted by molar-refractivity contribution is 14.0. The molecule has 2 aromatic rings. The van der Waals surface area contributed by atoms with E-state index in [1.807, 2.05) is 18.2 Å². The van der Waals surface area contributed by atoms with Crippen molar-refractivity contribution < 1.29 is 14.6 Å². The van der Waals surface area contributed by atoms with Crippen LogP contribution in [0, 0.1) is 0 Å². The Hall–Kier alpha value is -1.39. The molecule has 2 rings (SSSR count). The van der Waals surface area contributed by atoms with Crippen LogP contribution in [0.2, 0.25) is 0 Å². The van der Waals surface area contributed by atoms with Crippen LogP contribution in [-0.4, -0.2) is 44.3 Å². The number of unbranched alkanes of at least 4 members (excludes halogenated alkanes) is 2. The highest BCUT2D eigenvalue weighted by Crippen LogP contribution is 2.29. The summed E-state index contributed by atoms with van der Waals surface area (Å²) in [7, 11) is 3.12. The van der Waals surface area contributed by atoms with Crippen molar-refractivity contribution in [2.45, 2.75) is 31.8 Å². The number of carbonyl (C=O) groups is 1. The minimum absolute atomic E-state index is 0. The summed E-state index contributed by atoms with van der Waals surface area (Å²) < 4.78 is 5.79. The smallest absolute Gasteiger partial charge is 0.305 e. The fourth-order valence-electron chi connectivity index (χ4n) is 2.56. The number of benzene rings is 1. The number of ether oxygens (including phenoxy) is 1. The SMILES string of the molecule is CN=C(NCCCCCC(=O)OC)NCC(O)c1cc2ccccc2s1.I. The predicted octanol–water partition coefficient (Wildman–Crippen LogP) is 3.45. The zero-order chi connectivity index (χ0) is 18.8. The summed E-state index contributed by atoms with van der Waals surface area (Å²) in [6.45, 7) is 1.16. The number of aliphatic hydroxyl groups is 1. The van der Waals surface area contributed by atoms with Gasteiger partial charge in [0.25, 0.3) is 0 Å². The van der Waals surface area contributed by atoms with Crippen molar-refractivity contribution >= 4 is 57.3 Å². The third-order valence-corrected chi connectivity index (χ3v) is 5.25. The molecule has 8 heteroatoms. The van der Waals surface area contributed by atoms with Crippen LogP contribution >= 0.6 is 35.3 Å². The van der Waals surface area contributed by atoms with Crippen LogP contribution in [0.15, 0.2) is 35.3 Å². The molecule has 0 fully saturated rings. The molecule has 0 radical (unpaired) electrons. The van der Waals surface area contributed by atoms with Gasteiger partial charge in [-0.1, -0.05) is 24.6 Å². The third kappa shape index (κ3) is 8.02. The summed E-state index contributed by atoms with van der Waals surface area (Å²) in [4.78, 5) is 16.1. The Balaban J connectivity index is 0.00000364. The van der Waals surface area contributed by atoms with Crippen molar-refractivity contribution in [3.63, 3.8) is 0 Å². The van der Waals surface area contributed by atoms with Gasteiger partial charge in [-0.3, -0.25) is 9.79 Å². The van der Waals surface area contributed by atoms with Gasteiger partial charge in [-0.2, -0.15) is 0 Å². The molecule has 3 N–H and O–H groups in total. The summed E-state index contributed by atoms with van der Waals surface area (Å²) in [5.41, 5.74) is 0. The molecule has 0 saturated carbocycles. The zero-order valence-corrected chi connectivity index (χ0v) is 18.9. The first-order valence-electron chi connectivity index (χ1n) is 8.82. The second kappa shape index (κ2) is 12.9. The highest BCUT2D eigenvalue weighted by atomic mass is 127. The lowest BCUT2D eigenvalue weighted by molar-refractivity contribution is -0.140. The van der Waals surface area contributed by atoms with Gasteiger partial charge >= 0.3 is 5.97 Å². The van der Waals surface area contributed by atoms with E-state index in [-0.39, 0.29) is 29.9 Å². The molecule has 150 valence electrons. The second-order valence-electron chi connectivity index (χ2n) is 5.97. The summed E-state index contributed by atoms with van der Waals surface area (Å²) in [6, 6.07) is 10.1. The largest absolute Gasteiger partial charge is 0.469 e. The average molecular weight is 505 g/mol. The Kier molecular flexibility index (Phi) is 11.3. The number of aliphatic hydroxyl groups excluding tert-OH is 1. The molecule has 0 aliphatic heterocycles. The summed E-state index contributed by atoms with van der Waals surface area (Å²) in [5.74, 6) is 0.504. The number of hydrogen-bond acceptors (Lipinski definition) is 5. The number of esters is 1. The molecule has 0 aliphatic rings. The van der Waals surface area contributed by atoms with E-state index in [0.717, 1.165) is 36.1 Å². The number of guanidine groups is 1. The standard InChI is InChI=1S/C19H27N3O3S.HI/c1-20-19(21-11-7-3-4-10-18(24)25-2)22-13-15(23)17-12-14-8-5-6-9-16(14)26-17;/h5-6,8-9,12,15,23H,3-4,7,10-11,13H2,1-2H3,(H2,20,21,22);1H. The molecule has 1 aromatic carbocycles. The van der Waals surface area contributed by atoms with Gasteiger partial charge in [0.05, 0.1) is 7.11 Å². The topological polar surface area (TPSA) is 83.0 Å². The first-order chi connectivity index (χ1) is 12.6. The minimum Gasteiger partial charge on any atom is -0.469 e. The molecule has 0 bridgehead atoms. The Labute approximate surface area is 181 Å². The fraction of sp³-hybridized carbons (Fsp3) is 0.474. The highest BCUT2D eigenvalue weighted by Gasteiger charge is 2.12. The molecule has 6 nitrogen and oxygen atoms in total. The van der Waals surface area contributed by atoms with Gasteiger partial charge in [-0.15, -0.1) is 35.3 Å². The van der Waals surface area contributed by atoms with Crippen molar-refractivity contribution in [3.05, 3.63) is 35.2 Å². The van der Waals surface area contributed by atoms with Crippen LogP contribution in [0.25, 0.3) is 10.1 Å². The molecule has 1 aromatic heterocycles. The molecule has 1 atom stereocenters. The Bertz CT molecular complexity index is 703. The zero-order valence-electron chi connectivity index (χ0n) is 15.7. The van der Waals surface area contributed by atoms with Crippen LogP contribution in [0.4, 0.5) is 0 Å². The maximum absolute atomic E-state index is 11.0. The number of carbonyl (C=O) groups excluding carboxylic acids is 1. The number of halogens is 1. The maximum Gasteiger partial charge on any atom is 0.305 e. The number of thiophene rings is 1. The Morgan fingerprint density at radius 3 is 2.74 bits per heavy atom. The molecule has 0 aliphatic carbocycles. The molecular formula is C19H28IN3O3S.